The van der Waals surface area contributed by atoms with Crippen LogP contribution in [-0.2, 0) is 6.42 Å². The number of hydrogen-bond donors (Lipinski definition) is 3. The molecule has 0 aromatic heterocycles. The molecule has 3 nitrogen and oxygen atoms in total. The third-order valence-corrected chi connectivity index (χ3v) is 2.86. The van der Waals surface area contributed by atoms with Crippen molar-refractivity contribution in [2.24, 2.45) is 0 Å². The minimum atomic E-state index is 1.07. The van der Waals surface area contributed by atoms with Crippen LogP contribution in [0, 0.1) is 0 Å². The number of nitrogens with one attached hydrogen (secondary N) is 3. The summed E-state index contributed by atoms with van der Waals surface area (Å²) >= 11 is 0. The van der Waals surface area contributed by atoms with Gasteiger partial charge >= 0.3 is 0 Å². The van der Waals surface area contributed by atoms with Crippen molar-refractivity contribution in [1.29, 1.82) is 0 Å². The van der Waals surface area contributed by atoms with Gasteiger partial charge in [-0.25, -0.2) is 0 Å². The first-order valence-electron chi connectivity index (χ1n) is 6.07. The minimum Gasteiger partial charge on any atom is -0.386 e. The van der Waals surface area contributed by atoms with Crippen molar-refractivity contribution in [1.82, 2.24) is 0 Å². The molecule has 3 N–H and O–H groups in total. The highest BCUT2D eigenvalue weighted by Gasteiger charge is 2.07. The van der Waals surface area contributed by atoms with Crippen molar-refractivity contribution in [3.05, 3.63) is 30.4 Å². The molecular formula is C14H23N3. The lowest BCUT2D eigenvalue weighted by Gasteiger charge is -2.16. The maximum atomic E-state index is 3.75. The van der Waals surface area contributed by atoms with Crippen molar-refractivity contribution in [2.45, 2.75) is 19.3 Å². The van der Waals surface area contributed by atoms with Crippen LogP contribution in [0.25, 0.3) is 0 Å². The monoisotopic (exact) mass is 233 g/mol. The Morgan fingerprint density at radius 2 is 1.65 bits per heavy atom. The van der Waals surface area contributed by atoms with E-state index in [1.807, 2.05) is 27.2 Å². The highest BCUT2D eigenvalue weighted by Crippen LogP contribution is 2.32. The summed E-state index contributed by atoms with van der Waals surface area (Å²) in [7, 11) is 5.83. The second kappa shape index (κ2) is 6.84. The van der Waals surface area contributed by atoms with E-state index < -0.39 is 0 Å². The van der Waals surface area contributed by atoms with E-state index in [0.29, 0.717) is 0 Å². The van der Waals surface area contributed by atoms with Crippen LogP contribution in [0.15, 0.2) is 24.8 Å². The van der Waals surface area contributed by atoms with Gasteiger partial charge in [0, 0.05) is 21.1 Å². The van der Waals surface area contributed by atoms with Crippen molar-refractivity contribution in [2.75, 3.05) is 37.1 Å². The van der Waals surface area contributed by atoms with Gasteiger partial charge in [0.2, 0.25) is 0 Å². The standard InChI is InChI=1S/C14H23N3/c1-5-6-7-8-11-9-12(15-2)14(17-4)13(10-11)16-3/h5,9-10,15-17H,1,6-8H2,2-4H3. The molecule has 0 aliphatic rings. The van der Waals surface area contributed by atoms with Crippen molar-refractivity contribution in [3.63, 3.8) is 0 Å². The molecule has 1 aromatic rings. The predicted octanol–water partition coefficient (Wildman–Crippen LogP) is 3.32. The first kappa shape index (κ1) is 13.4. The average molecular weight is 233 g/mol. The summed E-state index contributed by atoms with van der Waals surface area (Å²) in [4.78, 5) is 0. The van der Waals surface area contributed by atoms with Crippen LogP contribution in [0.5, 0.6) is 0 Å². The Morgan fingerprint density at radius 1 is 1.06 bits per heavy atom. The zero-order chi connectivity index (χ0) is 12.7. The molecule has 0 saturated heterocycles. The SMILES string of the molecule is C=CCCCc1cc(NC)c(NC)c(NC)c1. The molecule has 0 heterocycles. The molecule has 0 spiro atoms. The molecule has 0 atom stereocenters. The lowest BCUT2D eigenvalue weighted by molar-refractivity contribution is 0.844. The second-order valence-corrected chi connectivity index (χ2v) is 4.00. The van der Waals surface area contributed by atoms with Gasteiger partial charge in [-0.3, -0.25) is 0 Å². The number of hydrogen-bond acceptors (Lipinski definition) is 3. The Labute approximate surface area is 104 Å². The van der Waals surface area contributed by atoms with E-state index in [-0.39, 0.29) is 0 Å². The summed E-state index contributed by atoms with van der Waals surface area (Å²) in [5.74, 6) is 0. The summed E-state index contributed by atoms with van der Waals surface area (Å²) in [6.07, 6.45) is 5.27. The van der Waals surface area contributed by atoms with Crippen LogP contribution >= 0.6 is 0 Å². The van der Waals surface area contributed by atoms with E-state index in [2.05, 4.69) is 34.7 Å². The molecule has 0 bridgehead atoms. The van der Waals surface area contributed by atoms with Gasteiger partial charge in [0.05, 0.1) is 17.1 Å². The fraction of sp³-hybridized carbons (Fsp3) is 0.429. The summed E-state index contributed by atoms with van der Waals surface area (Å²) < 4.78 is 0. The molecule has 0 aliphatic carbocycles. The van der Waals surface area contributed by atoms with Crippen molar-refractivity contribution < 1.29 is 0 Å². The highest BCUT2D eigenvalue weighted by atomic mass is 15.0. The fourth-order valence-electron chi connectivity index (χ4n) is 1.96. The Morgan fingerprint density at radius 3 is 2.06 bits per heavy atom. The van der Waals surface area contributed by atoms with Crippen molar-refractivity contribution in [3.8, 4) is 0 Å². The van der Waals surface area contributed by atoms with Crippen LogP contribution < -0.4 is 16.0 Å². The van der Waals surface area contributed by atoms with E-state index in [0.717, 1.165) is 36.3 Å². The van der Waals surface area contributed by atoms with Gasteiger partial charge in [-0.05, 0) is 37.0 Å². The van der Waals surface area contributed by atoms with Gasteiger partial charge in [0.15, 0.2) is 0 Å². The first-order valence-corrected chi connectivity index (χ1v) is 6.07. The largest absolute Gasteiger partial charge is 0.386 e. The molecule has 0 amide bonds. The van der Waals surface area contributed by atoms with Crippen molar-refractivity contribution >= 4 is 17.1 Å². The quantitative estimate of drug-likeness (QED) is 0.499. The van der Waals surface area contributed by atoms with Gasteiger partial charge in [-0.1, -0.05) is 6.08 Å². The fourth-order valence-corrected chi connectivity index (χ4v) is 1.96. The van der Waals surface area contributed by atoms with Crippen LogP contribution in [0.4, 0.5) is 17.1 Å². The number of rotatable bonds is 7. The Bertz CT molecular complexity index is 347. The average Bonchev–Trinajstić information content (AvgIpc) is 2.37. The molecule has 0 saturated carbocycles. The lowest BCUT2D eigenvalue weighted by atomic mass is 10.0. The smallest absolute Gasteiger partial charge is 0.0808 e. The van der Waals surface area contributed by atoms with E-state index in [4.69, 9.17) is 0 Å². The molecule has 0 unspecified atom stereocenters. The zero-order valence-electron chi connectivity index (χ0n) is 11.1. The molecule has 1 rings (SSSR count). The number of unbranched alkanes of at least 4 members (excludes halogenated alkanes) is 1. The van der Waals surface area contributed by atoms with Crippen LogP contribution in [0.1, 0.15) is 18.4 Å². The third-order valence-electron chi connectivity index (χ3n) is 2.86. The molecule has 0 fully saturated rings. The van der Waals surface area contributed by atoms with E-state index in [9.17, 15) is 0 Å². The molecule has 94 valence electrons. The Hall–Kier alpha value is -1.64. The lowest BCUT2D eigenvalue weighted by Crippen LogP contribution is -2.03. The minimum absolute atomic E-state index is 1.07. The van der Waals surface area contributed by atoms with Crippen LogP contribution in [0.2, 0.25) is 0 Å². The molecule has 0 aliphatic heterocycles. The summed E-state index contributed by atoms with van der Waals surface area (Å²) in [6, 6.07) is 4.41. The number of anilines is 3. The van der Waals surface area contributed by atoms with E-state index >= 15 is 0 Å². The Kier molecular flexibility index (Phi) is 5.40. The number of allylic oxidation sites excluding steroid dienone is 1. The van der Waals surface area contributed by atoms with Gasteiger partial charge in [-0.15, -0.1) is 6.58 Å². The first-order chi connectivity index (χ1) is 8.26. The van der Waals surface area contributed by atoms with Gasteiger partial charge in [-0.2, -0.15) is 0 Å². The van der Waals surface area contributed by atoms with Gasteiger partial charge < -0.3 is 16.0 Å². The number of benzene rings is 1. The predicted molar refractivity (Wildman–Crippen MR) is 78.2 cm³/mol. The normalized spacial score (nSPS) is 9.82. The number of aryl methyl sites for hydroxylation is 1. The maximum Gasteiger partial charge on any atom is 0.0808 e. The van der Waals surface area contributed by atoms with Crippen LogP contribution in [-0.4, -0.2) is 21.1 Å². The molecule has 3 heteroatoms. The maximum absolute atomic E-state index is 3.75. The van der Waals surface area contributed by atoms with E-state index in [1.165, 1.54) is 5.56 Å². The summed E-state index contributed by atoms with van der Waals surface area (Å²) in [5, 5.41) is 9.68. The second-order valence-electron chi connectivity index (χ2n) is 4.00. The molecular weight excluding hydrogens is 210 g/mol. The van der Waals surface area contributed by atoms with Crippen LogP contribution in [0.3, 0.4) is 0 Å². The molecule has 1 aromatic carbocycles. The van der Waals surface area contributed by atoms with Gasteiger partial charge in [0.25, 0.3) is 0 Å². The van der Waals surface area contributed by atoms with E-state index in [1.54, 1.807) is 0 Å². The highest BCUT2D eigenvalue weighted by molar-refractivity contribution is 5.83. The third kappa shape index (κ3) is 3.41. The Balaban J connectivity index is 2.96. The summed E-state index contributed by atoms with van der Waals surface area (Å²) in [6.45, 7) is 3.75. The summed E-state index contributed by atoms with van der Waals surface area (Å²) in [5.41, 5.74) is 4.72. The molecule has 0 radical (unpaired) electrons. The topological polar surface area (TPSA) is 36.1 Å². The zero-order valence-corrected chi connectivity index (χ0v) is 11.1. The molecule has 17 heavy (non-hydrogen) atoms. The van der Waals surface area contributed by atoms with Gasteiger partial charge in [0.1, 0.15) is 0 Å².